The van der Waals surface area contributed by atoms with E-state index in [1.807, 2.05) is 20.8 Å². The van der Waals surface area contributed by atoms with Gasteiger partial charge in [-0.2, -0.15) is 13.2 Å². The van der Waals surface area contributed by atoms with Crippen LogP contribution in [0.1, 0.15) is 56.0 Å². The van der Waals surface area contributed by atoms with Gasteiger partial charge in [-0.05, 0) is 43.7 Å². The van der Waals surface area contributed by atoms with E-state index in [4.69, 9.17) is 0 Å². The number of Topliss-reactive ketones (excluding diaryl/α,β-unsaturated/α-hetero) is 1. The summed E-state index contributed by atoms with van der Waals surface area (Å²) in [6.45, 7) is 5.98. The van der Waals surface area contributed by atoms with E-state index in [0.29, 0.717) is 5.56 Å². The van der Waals surface area contributed by atoms with Crippen LogP contribution in [0, 0.1) is 5.41 Å². The molecule has 0 heterocycles. The van der Waals surface area contributed by atoms with Gasteiger partial charge in [0.05, 0.1) is 5.56 Å². The number of allylic oxidation sites excluding steroid dienone is 2. The normalized spacial score (nSPS) is 18.8. The monoisotopic (exact) mass is 296 g/mol. The summed E-state index contributed by atoms with van der Waals surface area (Å²) in [5.74, 6) is -0.147. The molecule has 0 bridgehead atoms. The van der Waals surface area contributed by atoms with Crippen molar-refractivity contribution in [3.63, 3.8) is 0 Å². The second-order valence-electron chi connectivity index (χ2n) is 6.30. The first-order valence-electron chi connectivity index (χ1n) is 7.05. The molecule has 0 saturated carbocycles. The number of rotatable bonds is 2. The summed E-state index contributed by atoms with van der Waals surface area (Å²) in [4.78, 5) is 12.6. The zero-order valence-corrected chi connectivity index (χ0v) is 12.5. The first kappa shape index (κ1) is 15.8. The number of hydrogen-bond donors (Lipinski definition) is 0. The molecular weight excluding hydrogens is 277 g/mol. The third kappa shape index (κ3) is 3.20. The Labute approximate surface area is 122 Å². The molecule has 1 aliphatic carbocycles. The molecule has 0 N–H and O–H groups in total. The van der Waals surface area contributed by atoms with Crippen LogP contribution in [-0.4, -0.2) is 5.78 Å². The molecule has 1 aromatic carbocycles. The van der Waals surface area contributed by atoms with Crippen molar-refractivity contribution < 1.29 is 18.0 Å². The zero-order chi connectivity index (χ0) is 15.8. The Bertz CT molecular complexity index is 577. The Balaban J connectivity index is 2.36. The van der Waals surface area contributed by atoms with Crippen LogP contribution < -0.4 is 0 Å². The molecule has 0 fully saturated rings. The van der Waals surface area contributed by atoms with Crippen molar-refractivity contribution >= 4 is 5.78 Å². The molecular formula is C17H19F3O. The van der Waals surface area contributed by atoms with Crippen LogP contribution in [0.3, 0.4) is 0 Å². The molecule has 0 amide bonds. The summed E-state index contributed by atoms with van der Waals surface area (Å²) in [7, 11) is 0. The summed E-state index contributed by atoms with van der Waals surface area (Å²) in [6, 6.07) is 4.49. The van der Waals surface area contributed by atoms with Crippen molar-refractivity contribution in [3.05, 3.63) is 46.5 Å². The van der Waals surface area contributed by atoms with E-state index in [9.17, 15) is 18.0 Å². The van der Waals surface area contributed by atoms with Gasteiger partial charge in [0.15, 0.2) is 5.78 Å². The minimum atomic E-state index is -4.37. The smallest absolute Gasteiger partial charge is 0.289 e. The van der Waals surface area contributed by atoms with Gasteiger partial charge in [-0.3, -0.25) is 4.79 Å². The van der Waals surface area contributed by atoms with Gasteiger partial charge in [-0.25, -0.2) is 0 Å². The molecule has 0 unspecified atom stereocenters. The predicted octanol–water partition coefficient (Wildman–Crippen LogP) is 5.41. The first-order valence-corrected chi connectivity index (χ1v) is 7.05. The van der Waals surface area contributed by atoms with Crippen molar-refractivity contribution in [2.24, 2.45) is 5.41 Å². The first-order chi connectivity index (χ1) is 9.63. The van der Waals surface area contributed by atoms with Crippen molar-refractivity contribution in [3.8, 4) is 0 Å². The van der Waals surface area contributed by atoms with Crippen molar-refractivity contribution in [2.75, 3.05) is 0 Å². The van der Waals surface area contributed by atoms with Crippen LogP contribution in [0.5, 0.6) is 0 Å². The Morgan fingerprint density at radius 1 is 1.14 bits per heavy atom. The highest BCUT2D eigenvalue weighted by Gasteiger charge is 2.34. The van der Waals surface area contributed by atoms with Crippen LogP contribution >= 0.6 is 0 Å². The van der Waals surface area contributed by atoms with Gasteiger partial charge in [-0.1, -0.05) is 31.6 Å². The topological polar surface area (TPSA) is 17.1 Å². The molecule has 114 valence electrons. The third-order valence-corrected chi connectivity index (χ3v) is 4.16. The van der Waals surface area contributed by atoms with Gasteiger partial charge in [0.25, 0.3) is 0 Å². The van der Waals surface area contributed by atoms with Crippen LogP contribution in [0.25, 0.3) is 0 Å². The lowest BCUT2D eigenvalue weighted by Crippen LogP contribution is -2.26. The van der Waals surface area contributed by atoms with Crippen LogP contribution in [0.15, 0.2) is 35.4 Å². The third-order valence-electron chi connectivity index (χ3n) is 4.16. The van der Waals surface area contributed by atoms with E-state index in [0.717, 1.165) is 42.5 Å². The molecule has 2 rings (SSSR count). The molecule has 21 heavy (non-hydrogen) atoms. The zero-order valence-electron chi connectivity index (χ0n) is 12.5. The van der Waals surface area contributed by atoms with E-state index in [1.54, 1.807) is 0 Å². The van der Waals surface area contributed by atoms with Gasteiger partial charge < -0.3 is 0 Å². The van der Waals surface area contributed by atoms with Gasteiger partial charge in [0, 0.05) is 11.1 Å². The molecule has 1 aliphatic rings. The Morgan fingerprint density at radius 2 is 1.71 bits per heavy atom. The van der Waals surface area contributed by atoms with Gasteiger partial charge in [0.1, 0.15) is 0 Å². The number of ketones is 1. The molecule has 0 radical (unpaired) electrons. The van der Waals surface area contributed by atoms with Crippen molar-refractivity contribution in [1.29, 1.82) is 0 Å². The Hall–Kier alpha value is -1.58. The molecule has 0 aliphatic heterocycles. The van der Waals surface area contributed by atoms with Crippen molar-refractivity contribution in [2.45, 2.75) is 46.2 Å². The van der Waals surface area contributed by atoms with E-state index in [1.165, 1.54) is 12.1 Å². The highest BCUT2D eigenvalue weighted by atomic mass is 19.4. The van der Waals surface area contributed by atoms with Crippen LogP contribution in [0.4, 0.5) is 13.2 Å². The SMILES string of the molecule is CC1=C(C(=O)c2ccc(C(F)(F)F)cc2)C(C)(C)CCC1. The summed E-state index contributed by atoms with van der Waals surface area (Å²) in [5, 5.41) is 0. The van der Waals surface area contributed by atoms with Crippen molar-refractivity contribution in [1.82, 2.24) is 0 Å². The number of alkyl halides is 3. The number of carbonyl (C=O) groups is 1. The molecule has 0 saturated heterocycles. The second kappa shape index (κ2) is 5.32. The summed E-state index contributed by atoms with van der Waals surface area (Å²) in [6.07, 6.45) is -1.53. The summed E-state index contributed by atoms with van der Waals surface area (Å²) < 4.78 is 37.7. The molecule has 0 atom stereocenters. The average molecular weight is 296 g/mol. The predicted molar refractivity (Wildman–Crippen MR) is 76.1 cm³/mol. The Morgan fingerprint density at radius 3 is 2.19 bits per heavy atom. The maximum atomic E-state index is 12.6. The molecule has 0 spiro atoms. The fraction of sp³-hybridized carbons (Fsp3) is 0.471. The molecule has 0 aromatic heterocycles. The lowest BCUT2D eigenvalue weighted by molar-refractivity contribution is -0.137. The van der Waals surface area contributed by atoms with Crippen LogP contribution in [0.2, 0.25) is 0 Å². The minimum Gasteiger partial charge on any atom is -0.289 e. The quantitative estimate of drug-likeness (QED) is 0.666. The molecule has 1 nitrogen and oxygen atoms in total. The molecule has 4 heteroatoms. The molecule has 1 aromatic rings. The number of carbonyl (C=O) groups excluding carboxylic acids is 1. The standard InChI is InChI=1S/C17H19F3O/c1-11-5-4-10-16(2,3)14(11)15(21)12-6-8-13(9-7-12)17(18,19)20/h6-9H,4-5,10H2,1-3H3. The maximum absolute atomic E-state index is 12.6. The number of halogens is 3. The van der Waals surface area contributed by atoms with E-state index < -0.39 is 11.7 Å². The number of benzene rings is 1. The maximum Gasteiger partial charge on any atom is 0.416 e. The van der Waals surface area contributed by atoms with Crippen LogP contribution in [-0.2, 0) is 6.18 Å². The average Bonchev–Trinajstić information content (AvgIpc) is 2.36. The lowest BCUT2D eigenvalue weighted by Gasteiger charge is -2.33. The van der Waals surface area contributed by atoms with Gasteiger partial charge in [-0.15, -0.1) is 0 Å². The summed E-state index contributed by atoms with van der Waals surface area (Å²) in [5.41, 5.74) is 1.19. The fourth-order valence-corrected chi connectivity index (χ4v) is 3.08. The minimum absolute atomic E-state index is 0.147. The van der Waals surface area contributed by atoms with Gasteiger partial charge >= 0.3 is 6.18 Å². The largest absolute Gasteiger partial charge is 0.416 e. The highest BCUT2D eigenvalue weighted by Crippen LogP contribution is 2.41. The Kier molecular flexibility index (Phi) is 4.00. The second-order valence-corrected chi connectivity index (χ2v) is 6.30. The fourth-order valence-electron chi connectivity index (χ4n) is 3.08. The van der Waals surface area contributed by atoms with E-state index >= 15 is 0 Å². The highest BCUT2D eigenvalue weighted by molar-refractivity contribution is 6.10. The van der Waals surface area contributed by atoms with E-state index in [-0.39, 0.29) is 11.2 Å². The summed E-state index contributed by atoms with van der Waals surface area (Å²) >= 11 is 0. The van der Waals surface area contributed by atoms with Gasteiger partial charge in [0.2, 0.25) is 0 Å². The van der Waals surface area contributed by atoms with E-state index in [2.05, 4.69) is 0 Å². The lowest BCUT2D eigenvalue weighted by atomic mass is 9.70. The number of hydrogen-bond acceptors (Lipinski definition) is 1.